The number of nitro groups is 1. The summed E-state index contributed by atoms with van der Waals surface area (Å²) in [6.07, 6.45) is 1.07. The maximum Gasteiger partial charge on any atom is 0.333 e. The van der Waals surface area contributed by atoms with Crippen LogP contribution in [-0.2, 0) is 0 Å². The predicted octanol–water partition coefficient (Wildman–Crippen LogP) is 2.81. The Labute approximate surface area is 99.9 Å². The number of rotatable bonds is 5. The van der Waals surface area contributed by atoms with E-state index in [0.29, 0.717) is 30.0 Å². The second-order valence-corrected chi connectivity index (χ2v) is 4.31. The van der Waals surface area contributed by atoms with Crippen LogP contribution in [0.25, 0.3) is 0 Å². The van der Waals surface area contributed by atoms with Gasteiger partial charge in [0, 0.05) is 6.04 Å². The molecular weight excluding hydrogens is 220 g/mol. The smallest absolute Gasteiger partial charge is 0.333 e. The van der Waals surface area contributed by atoms with E-state index in [1.54, 1.807) is 18.2 Å². The summed E-state index contributed by atoms with van der Waals surface area (Å²) in [4.78, 5) is 10.7. The van der Waals surface area contributed by atoms with Crippen LogP contribution >= 0.6 is 0 Å². The fraction of sp³-hybridized carbons (Fsp3) is 0.500. The van der Waals surface area contributed by atoms with Crippen LogP contribution in [0, 0.1) is 16.0 Å². The van der Waals surface area contributed by atoms with Crippen LogP contribution in [-0.4, -0.2) is 17.6 Å². The van der Waals surface area contributed by atoms with E-state index in [9.17, 15) is 10.1 Å². The molecule has 0 saturated heterocycles. The monoisotopic (exact) mass is 236 g/mol. The number of nitro benzene ring substituents is 1. The Kier molecular flexibility index (Phi) is 3.17. The van der Waals surface area contributed by atoms with E-state index in [0.717, 1.165) is 6.42 Å². The molecule has 1 aliphatic carbocycles. The summed E-state index contributed by atoms with van der Waals surface area (Å²) in [6.45, 7) is 4.35. The molecule has 1 aromatic carbocycles. The van der Waals surface area contributed by atoms with Crippen LogP contribution in [0.4, 0.5) is 11.4 Å². The zero-order valence-corrected chi connectivity index (χ0v) is 9.97. The Morgan fingerprint density at radius 3 is 2.82 bits per heavy atom. The molecule has 0 heterocycles. The van der Waals surface area contributed by atoms with Gasteiger partial charge in [-0.15, -0.1) is 0 Å². The number of benzene rings is 1. The average Bonchev–Trinajstić information content (AvgIpc) is 2.94. The first kappa shape index (κ1) is 11.7. The van der Waals surface area contributed by atoms with Crippen LogP contribution in [0.3, 0.4) is 0 Å². The summed E-state index contributed by atoms with van der Waals surface area (Å²) in [6, 6.07) is 5.48. The van der Waals surface area contributed by atoms with E-state index < -0.39 is 0 Å². The fourth-order valence-corrected chi connectivity index (χ4v) is 1.82. The first-order valence-electron chi connectivity index (χ1n) is 5.80. The minimum absolute atomic E-state index is 0.0356. The Balaban J connectivity index is 2.29. The van der Waals surface area contributed by atoms with Gasteiger partial charge in [0.05, 0.1) is 11.5 Å². The molecule has 1 fully saturated rings. The lowest BCUT2D eigenvalue weighted by atomic mass is 10.2. The number of ether oxygens (including phenoxy) is 1. The van der Waals surface area contributed by atoms with Gasteiger partial charge >= 0.3 is 5.69 Å². The molecule has 0 radical (unpaired) electrons. The molecule has 2 unspecified atom stereocenters. The number of nitrogens with zero attached hydrogens (tertiary/aromatic N) is 1. The standard InChI is InChI=1S/C12H16N2O3/c1-3-17-11-6-4-5-9(12(11)14(15)16)13-10-7-8(10)2/h4-6,8,10,13H,3,7H2,1-2H3. The lowest BCUT2D eigenvalue weighted by Gasteiger charge is -2.09. The fourth-order valence-electron chi connectivity index (χ4n) is 1.82. The lowest BCUT2D eigenvalue weighted by Crippen LogP contribution is -2.07. The van der Waals surface area contributed by atoms with Crippen molar-refractivity contribution in [1.82, 2.24) is 0 Å². The minimum Gasteiger partial charge on any atom is -0.487 e. The molecule has 0 bridgehead atoms. The van der Waals surface area contributed by atoms with Gasteiger partial charge in [0.25, 0.3) is 0 Å². The molecule has 5 nitrogen and oxygen atoms in total. The van der Waals surface area contributed by atoms with Gasteiger partial charge in [-0.3, -0.25) is 10.1 Å². The van der Waals surface area contributed by atoms with Crippen molar-refractivity contribution in [1.29, 1.82) is 0 Å². The zero-order chi connectivity index (χ0) is 12.4. The molecule has 1 saturated carbocycles. The third-order valence-electron chi connectivity index (χ3n) is 2.93. The van der Waals surface area contributed by atoms with Gasteiger partial charge in [0.15, 0.2) is 5.75 Å². The highest BCUT2D eigenvalue weighted by molar-refractivity contribution is 5.69. The molecule has 92 valence electrons. The van der Waals surface area contributed by atoms with Gasteiger partial charge in [-0.25, -0.2) is 0 Å². The van der Waals surface area contributed by atoms with E-state index >= 15 is 0 Å². The topological polar surface area (TPSA) is 64.4 Å². The highest BCUT2D eigenvalue weighted by atomic mass is 16.6. The minimum atomic E-state index is -0.389. The van der Waals surface area contributed by atoms with Gasteiger partial charge in [-0.05, 0) is 31.4 Å². The van der Waals surface area contributed by atoms with Crippen LogP contribution in [0.2, 0.25) is 0 Å². The van der Waals surface area contributed by atoms with Crippen molar-refractivity contribution in [2.75, 3.05) is 11.9 Å². The highest BCUT2D eigenvalue weighted by Crippen LogP contribution is 2.39. The normalized spacial score (nSPS) is 22.0. The van der Waals surface area contributed by atoms with E-state index in [1.165, 1.54) is 0 Å². The number of anilines is 1. The van der Waals surface area contributed by atoms with Gasteiger partial charge < -0.3 is 10.1 Å². The molecule has 0 aliphatic heterocycles. The zero-order valence-electron chi connectivity index (χ0n) is 9.97. The first-order chi connectivity index (χ1) is 8.13. The summed E-state index contributed by atoms with van der Waals surface area (Å²) in [5, 5.41) is 14.3. The van der Waals surface area contributed by atoms with Crippen molar-refractivity contribution >= 4 is 11.4 Å². The second kappa shape index (κ2) is 4.61. The Morgan fingerprint density at radius 1 is 1.59 bits per heavy atom. The predicted molar refractivity (Wildman–Crippen MR) is 65.5 cm³/mol. The summed E-state index contributed by atoms with van der Waals surface area (Å²) >= 11 is 0. The molecule has 2 rings (SSSR count). The van der Waals surface area contributed by atoms with Crippen LogP contribution in [0.1, 0.15) is 20.3 Å². The third kappa shape index (κ3) is 2.49. The third-order valence-corrected chi connectivity index (χ3v) is 2.93. The number of hydrogen-bond donors (Lipinski definition) is 1. The Hall–Kier alpha value is -1.78. The van der Waals surface area contributed by atoms with E-state index in [2.05, 4.69) is 12.2 Å². The van der Waals surface area contributed by atoms with Crippen molar-refractivity contribution in [3.8, 4) is 5.75 Å². The molecule has 17 heavy (non-hydrogen) atoms. The molecule has 2 atom stereocenters. The second-order valence-electron chi connectivity index (χ2n) is 4.31. The van der Waals surface area contributed by atoms with Gasteiger partial charge in [-0.1, -0.05) is 13.0 Å². The van der Waals surface area contributed by atoms with Crippen LogP contribution in [0.5, 0.6) is 5.75 Å². The van der Waals surface area contributed by atoms with E-state index in [1.807, 2.05) is 6.92 Å². The first-order valence-corrected chi connectivity index (χ1v) is 5.80. The largest absolute Gasteiger partial charge is 0.487 e. The van der Waals surface area contributed by atoms with Gasteiger partial charge in [-0.2, -0.15) is 0 Å². The van der Waals surface area contributed by atoms with Crippen molar-refractivity contribution in [2.45, 2.75) is 26.3 Å². The molecular formula is C12H16N2O3. The van der Waals surface area contributed by atoms with Crippen LogP contribution < -0.4 is 10.1 Å². The molecule has 1 aliphatic rings. The summed E-state index contributed by atoms with van der Waals surface area (Å²) in [5.41, 5.74) is 0.587. The van der Waals surface area contributed by atoms with E-state index in [-0.39, 0.29) is 10.6 Å². The van der Waals surface area contributed by atoms with Crippen molar-refractivity contribution in [2.24, 2.45) is 5.92 Å². The number of hydrogen-bond acceptors (Lipinski definition) is 4. The number of nitrogens with one attached hydrogen (secondary N) is 1. The summed E-state index contributed by atoms with van der Waals surface area (Å²) < 4.78 is 5.29. The molecule has 0 aromatic heterocycles. The molecule has 1 N–H and O–H groups in total. The van der Waals surface area contributed by atoms with Crippen molar-refractivity contribution in [3.63, 3.8) is 0 Å². The SMILES string of the molecule is CCOc1cccc(NC2CC2C)c1[N+](=O)[O-]. The molecule has 0 spiro atoms. The van der Waals surface area contributed by atoms with Crippen molar-refractivity contribution in [3.05, 3.63) is 28.3 Å². The summed E-state index contributed by atoms with van der Waals surface area (Å²) in [7, 11) is 0. The molecule has 1 aromatic rings. The highest BCUT2D eigenvalue weighted by Gasteiger charge is 2.34. The number of para-hydroxylation sites is 1. The Bertz CT molecular complexity index is 434. The lowest BCUT2D eigenvalue weighted by molar-refractivity contribution is -0.384. The van der Waals surface area contributed by atoms with Crippen molar-refractivity contribution < 1.29 is 9.66 Å². The molecule has 5 heteroatoms. The average molecular weight is 236 g/mol. The van der Waals surface area contributed by atoms with Crippen LogP contribution in [0.15, 0.2) is 18.2 Å². The molecule has 0 amide bonds. The van der Waals surface area contributed by atoms with E-state index in [4.69, 9.17) is 4.74 Å². The maximum atomic E-state index is 11.1. The summed E-state index contributed by atoms with van der Waals surface area (Å²) in [5.74, 6) is 0.918. The maximum absolute atomic E-state index is 11.1. The van der Waals surface area contributed by atoms with Gasteiger partial charge in [0.1, 0.15) is 5.69 Å². The van der Waals surface area contributed by atoms with Gasteiger partial charge in [0.2, 0.25) is 0 Å². The quantitative estimate of drug-likeness (QED) is 0.630. The Morgan fingerprint density at radius 2 is 2.29 bits per heavy atom.